The van der Waals surface area contributed by atoms with Crippen LogP contribution in [0.1, 0.15) is 13.3 Å². The van der Waals surface area contributed by atoms with Gasteiger partial charge in [0, 0.05) is 11.6 Å². The van der Waals surface area contributed by atoms with E-state index in [1.54, 1.807) is 11.3 Å². The fourth-order valence-electron chi connectivity index (χ4n) is 2.02. The molecule has 0 saturated heterocycles. The lowest BCUT2D eigenvalue weighted by atomic mass is 10.2. The summed E-state index contributed by atoms with van der Waals surface area (Å²) in [6.45, 7) is 2.61. The van der Waals surface area contributed by atoms with Crippen LogP contribution in [0.5, 0.6) is 5.75 Å². The van der Waals surface area contributed by atoms with Crippen molar-refractivity contribution in [2.75, 3.05) is 6.61 Å². The number of aromatic nitrogens is 1. The third-order valence-corrected chi connectivity index (χ3v) is 4.44. The summed E-state index contributed by atoms with van der Waals surface area (Å²) >= 11 is 1.68. The molecule has 108 valence electrons. The summed E-state index contributed by atoms with van der Waals surface area (Å²) in [7, 11) is 0. The van der Waals surface area contributed by atoms with E-state index in [0.29, 0.717) is 6.61 Å². The van der Waals surface area contributed by atoms with Crippen LogP contribution >= 0.6 is 11.3 Å². The van der Waals surface area contributed by atoms with Gasteiger partial charge in [-0.3, -0.25) is 0 Å². The van der Waals surface area contributed by atoms with Crippen molar-refractivity contribution < 1.29 is 4.74 Å². The molecule has 1 unspecified atom stereocenters. The molecule has 0 spiro atoms. The van der Waals surface area contributed by atoms with Crippen LogP contribution in [-0.4, -0.2) is 17.6 Å². The van der Waals surface area contributed by atoms with E-state index in [1.807, 2.05) is 36.4 Å². The van der Waals surface area contributed by atoms with Crippen molar-refractivity contribution in [3.8, 4) is 16.3 Å². The van der Waals surface area contributed by atoms with E-state index < -0.39 is 0 Å². The van der Waals surface area contributed by atoms with E-state index in [0.717, 1.165) is 33.0 Å². The van der Waals surface area contributed by atoms with Crippen molar-refractivity contribution in [2.45, 2.75) is 19.4 Å². The second-order valence-corrected chi connectivity index (χ2v) is 6.02. The van der Waals surface area contributed by atoms with Gasteiger partial charge >= 0.3 is 0 Å². The average Bonchev–Trinajstić information content (AvgIpc) is 2.96. The van der Waals surface area contributed by atoms with Crippen LogP contribution in [0.2, 0.25) is 0 Å². The Bertz CT molecular complexity index is 724. The van der Waals surface area contributed by atoms with E-state index in [2.05, 4.69) is 24.0 Å². The molecule has 0 fully saturated rings. The van der Waals surface area contributed by atoms with Gasteiger partial charge in [0.1, 0.15) is 17.4 Å². The van der Waals surface area contributed by atoms with Gasteiger partial charge in [-0.15, -0.1) is 11.3 Å². The van der Waals surface area contributed by atoms with Crippen LogP contribution in [0.4, 0.5) is 0 Å². The quantitative estimate of drug-likeness (QED) is 0.772. The summed E-state index contributed by atoms with van der Waals surface area (Å²) in [4.78, 5) is 4.67. The highest BCUT2D eigenvalue weighted by Gasteiger charge is 2.07. The first-order valence-electron chi connectivity index (χ1n) is 7.10. The molecule has 0 aliphatic carbocycles. The van der Waals surface area contributed by atoms with Crippen LogP contribution in [0.15, 0.2) is 48.5 Å². The molecule has 3 nitrogen and oxygen atoms in total. The van der Waals surface area contributed by atoms with Gasteiger partial charge in [-0.05, 0) is 24.6 Å². The van der Waals surface area contributed by atoms with Gasteiger partial charge in [-0.1, -0.05) is 37.3 Å². The first-order valence-corrected chi connectivity index (χ1v) is 7.92. The normalized spacial score (nSPS) is 12.5. The third-order valence-electron chi connectivity index (χ3n) is 3.37. The second kappa shape index (κ2) is 6.24. The van der Waals surface area contributed by atoms with E-state index >= 15 is 0 Å². The summed E-state index contributed by atoms with van der Waals surface area (Å²) in [6.07, 6.45) is 0.918. The zero-order valence-corrected chi connectivity index (χ0v) is 12.8. The molecular formula is C17H18N2OS. The number of ether oxygens (including phenoxy) is 1. The van der Waals surface area contributed by atoms with Crippen LogP contribution < -0.4 is 10.5 Å². The van der Waals surface area contributed by atoms with Crippen molar-refractivity contribution in [2.24, 2.45) is 5.73 Å². The molecule has 0 aliphatic rings. The van der Waals surface area contributed by atoms with E-state index in [1.165, 1.54) is 0 Å². The molecule has 3 aromatic rings. The van der Waals surface area contributed by atoms with E-state index in [4.69, 9.17) is 10.5 Å². The van der Waals surface area contributed by atoms with Crippen LogP contribution in [-0.2, 0) is 0 Å². The lowest BCUT2D eigenvalue weighted by Crippen LogP contribution is -2.26. The maximum atomic E-state index is 5.88. The predicted octanol–water partition coefficient (Wildman–Crippen LogP) is 4.08. The largest absolute Gasteiger partial charge is 0.492 e. The third kappa shape index (κ3) is 3.23. The summed E-state index contributed by atoms with van der Waals surface area (Å²) in [5.74, 6) is 0.856. The molecule has 0 bridgehead atoms. The number of fused-ring (bicyclic) bond motifs is 1. The molecule has 1 aromatic heterocycles. The second-order valence-electron chi connectivity index (χ2n) is 4.99. The number of nitrogens with two attached hydrogens (primary N) is 1. The minimum atomic E-state index is 0.0852. The molecular weight excluding hydrogens is 280 g/mol. The van der Waals surface area contributed by atoms with Gasteiger partial charge in [0.05, 0.1) is 10.2 Å². The highest BCUT2D eigenvalue weighted by Crippen LogP contribution is 2.32. The Hall–Kier alpha value is -1.91. The maximum Gasteiger partial charge on any atom is 0.124 e. The number of benzene rings is 2. The number of thiazole rings is 1. The Labute approximate surface area is 128 Å². The van der Waals surface area contributed by atoms with Crippen LogP contribution in [0.25, 0.3) is 20.8 Å². The summed E-state index contributed by atoms with van der Waals surface area (Å²) < 4.78 is 6.87. The number of hydrogen-bond acceptors (Lipinski definition) is 4. The molecule has 1 heterocycles. The van der Waals surface area contributed by atoms with Crippen molar-refractivity contribution >= 4 is 21.6 Å². The standard InChI is InChI=1S/C17H18N2OS/c1-2-13(18)11-20-14-8-9-15-16(10-14)21-17(19-15)12-6-4-3-5-7-12/h3-10,13H,2,11,18H2,1H3. The number of nitrogens with zero attached hydrogens (tertiary/aromatic N) is 1. The highest BCUT2D eigenvalue weighted by atomic mass is 32.1. The molecule has 0 radical (unpaired) electrons. The topological polar surface area (TPSA) is 48.1 Å². The van der Waals surface area contributed by atoms with Crippen LogP contribution in [0.3, 0.4) is 0 Å². The molecule has 1 atom stereocenters. The fourth-order valence-corrected chi connectivity index (χ4v) is 3.02. The van der Waals surface area contributed by atoms with Gasteiger partial charge < -0.3 is 10.5 Å². The summed E-state index contributed by atoms with van der Waals surface area (Å²) in [5, 5.41) is 1.04. The van der Waals surface area contributed by atoms with Crippen LogP contribution in [0, 0.1) is 0 Å². The minimum Gasteiger partial charge on any atom is -0.492 e. The van der Waals surface area contributed by atoms with Gasteiger partial charge in [0.25, 0.3) is 0 Å². The average molecular weight is 298 g/mol. The van der Waals surface area contributed by atoms with Gasteiger partial charge in [0.2, 0.25) is 0 Å². The SMILES string of the molecule is CCC(N)COc1ccc2nc(-c3ccccc3)sc2c1. The Morgan fingerprint density at radius 1 is 1.19 bits per heavy atom. The van der Waals surface area contributed by atoms with Crippen molar-refractivity contribution in [3.63, 3.8) is 0 Å². The first kappa shape index (κ1) is 14.0. The molecule has 4 heteroatoms. The minimum absolute atomic E-state index is 0.0852. The van der Waals surface area contributed by atoms with Gasteiger partial charge in [-0.25, -0.2) is 4.98 Å². The van der Waals surface area contributed by atoms with Crippen molar-refractivity contribution in [1.29, 1.82) is 0 Å². The summed E-state index contributed by atoms with van der Waals surface area (Å²) in [6, 6.07) is 16.3. The van der Waals surface area contributed by atoms with Gasteiger partial charge in [-0.2, -0.15) is 0 Å². The Morgan fingerprint density at radius 3 is 2.76 bits per heavy atom. The smallest absolute Gasteiger partial charge is 0.124 e. The Kier molecular flexibility index (Phi) is 4.18. The molecule has 0 saturated carbocycles. The summed E-state index contributed by atoms with van der Waals surface area (Å²) in [5.41, 5.74) is 8.03. The van der Waals surface area contributed by atoms with Crippen molar-refractivity contribution in [1.82, 2.24) is 4.98 Å². The molecule has 21 heavy (non-hydrogen) atoms. The fraction of sp³-hybridized carbons (Fsp3) is 0.235. The lowest BCUT2D eigenvalue weighted by molar-refractivity contribution is 0.286. The van der Waals surface area contributed by atoms with Crippen molar-refractivity contribution in [3.05, 3.63) is 48.5 Å². The zero-order chi connectivity index (χ0) is 14.7. The van der Waals surface area contributed by atoms with Gasteiger partial charge in [0.15, 0.2) is 0 Å². The predicted molar refractivity (Wildman–Crippen MR) is 88.8 cm³/mol. The molecule has 2 N–H and O–H groups in total. The Balaban J connectivity index is 1.85. The van der Waals surface area contributed by atoms with E-state index in [-0.39, 0.29) is 6.04 Å². The number of hydrogen-bond donors (Lipinski definition) is 1. The Morgan fingerprint density at radius 2 is 2.00 bits per heavy atom. The monoisotopic (exact) mass is 298 g/mol. The molecule has 2 aromatic carbocycles. The zero-order valence-electron chi connectivity index (χ0n) is 12.0. The molecule has 0 amide bonds. The maximum absolute atomic E-state index is 5.88. The lowest BCUT2D eigenvalue weighted by Gasteiger charge is -2.10. The van der Waals surface area contributed by atoms with E-state index in [9.17, 15) is 0 Å². The number of rotatable bonds is 5. The highest BCUT2D eigenvalue weighted by molar-refractivity contribution is 7.21. The first-order chi connectivity index (χ1) is 10.3. The molecule has 0 aliphatic heterocycles. The molecule has 3 rings (SSSR count).